The summed E-state index contributed by atoms with van der Waals surface area (Å²) in [7, 11) is -4.07. The number of halogens is 1. The molecule has 2 aromatic carbocycles. The van der Waals surface area contributed by atoms with Crippen LogP contribution in [0.3, 0.4) is 0 Å². The first-order valence-electron chi connectivity index (χ1n) is 10.4. The van der Waals surface area contributed by atoms with Crippen LogP contribution in [0, 0.1) is 5.82 Å². The number of nitrogens with one attached hydrogen (secondary N) is 1. The lowest BCUT2D eigenvalue weighted by Gasteiger charge is -2.22. The second-order valence-electron chi connectivity index (χ2n) is 7.63. The van der Waals surface area contributed by atoms with Crippen LogP contribution in [-0.4, -0.2) is 31.1 Å². The maximum absolute atomic E-state index is 13.3. The van der Waals surface area contributed by atoms with E-state index in [2.05, 4.69) is 10.3 Å². The largest absolute Gasteiger partial charge is 0.428 e. The Labute approximate surface area is 190 Å². The van der Waals surface area contributed by atoms with E-state index in [0.29, 0.717) is 5.56 Å². The fraction of sp³-hybridized carbons (Fsp3) is 0.304. The molecule has 1 aliphatic rings. The fourth-order valence-corrected chi connectivity index (χ4v) is 5.97. The zero-order valence-corrected chi connectivity index (χ0v) is 18.9. The number of hydrogen-bond donors (Lipinski definition) is 1. The van der Waals surface area contributed by atoms with Gasteiger partial charge in [-0.05, 0) is 49.2 Å². The molecular weight excluding hydrogens is 451 g/mol. The Bertz CT molecular complexity index is 1170. The minimum absolute atomic E-state index is 0.00581. The van der Waals surface area contributed by atoms with E-state index in [0.717, 1.165) is 49.6 Å². The summed E-state index contributed by atoms with van der Waals surface area (Å²) in [6.07, 6.45) is 5.30. The van der Waals surface area contributed by atoms with Crippen molar-refractivity contribution < 1.29 is 22.0 Å². The van der Waals surface area contributed by atoms with Crippen molar-refractivity contribution in [3.05, 3.63) is 60.4 Å². The monoisotopic (exact) mass is 474 g/mol. The van der Waals surface area contributed by atoms with Crippen molar-refractivity contribution in [3.8, 4) is 11.5 Å². The molecule has 0 aliphatic heterocycles. The van der Waals surface area contributed by atoms with Gasteiger partial charge in [-0.2, -0.15) is 4.98 Å². The summed E-state index contributed by atoms with van der Waals surface area (Å²) in [6.45, 7) is 0. The molecule has 1 aliphatic carbocycles. The number of nitrogens with zero attached hydrogens (tertiary/aromatic N) is 1. The van der Waals surface area contributed by atoms with E-state index in [1.54, 1.807) is 24.3 Å². The number of carbonyl (C=O) groups excluding carboxylic acids is 1. The lowest BCUT2D eigenvalue weighted by Crippen LogP contribution is -2.37. The minimum Gasteiger partial charge on any atom is -0.428 e. The maximum Gasteiger partial charge on any atom is 0.230 e. The normalized spacial score (nSPS) is 14.9. The zero-order valence-electron chi connectivity index (χ0n) is 17.3. The van der Waals surface area contributed by atoms with Gasteiger partial charge in [-0.3, -0.25) is 4.79 Å². The highest BCUT2D eigenvalue weighted by Gasteiger charge is 2.29. The fourth-order valence-electron chi connectivity index (χ4n) is 3.63. The van der Waals surface area contributed by atoms with Crippen molar-refractivity contribution in [2.24, 2.45) is 0 Å². The third kappa shape index (κ3) is 5.21. The van der Waals surface area contributed by atoms with E-state index in [9.17, 15) is 17.6 Å². The summed E-state index contributed by atoms with van der Waals surface area (Å²) in [4.78, 5) is 16.6. The lowest BCUT2D eigenvalue weighted by atomic mass is 9.95. The van der Waals surface area contributed by atoms with Gasteiger partial charge < -0.3 is 9.73 Å². The molecule has 0 unspecified atom stereocenters. The maximum atomic E-state index is 13.3. The number of oxazole rings is 1. The third-order valence-electron chi connectivity index (χ3n) is 5.27. The molecule has 1 saturated carbocycles. The van der Waals surface area contributed by atoms with Gasteiger partial charge in [-0.25, -0.2) is 12.8 Å². The molecule has 0 saturated heterocycles. The summed E-state index contributed by atoms with van der Waals surface area (Å²) in [5.41, 5.74) is 0.613. The molecule has 1 fully saturated rings. The highest BCUT2D eigenvalue weighted by molar-refractivity contribution is 8.00. The standard InChI is InChI=1S/C23H23FN2O4S2/c24-17-11-13-19(14-12-17)32(28,29)22-23(30-21(26-22)16-7-3-1-4-8-16)31-15-20(27)25-18-9-5-2-6-10-18/h1,3-4,7-8,11-14,18H,2,5-6,9-10,15H2,(H,25,27). The minimum atomic E-state index is -4.07. The summed E-state index contributed by atoms with van der Waals surface area (Å²) in [5, 5.41) is 2.77. The lowest BCUT2D eigenvalue weighted by molar-refractivity contribution is -0.119. The predicted molar refractivity (Wildman–Crippen MR) is 120 cm³/mol. The Morgan fingerprint density at radius 3 is 2.44 bits per heavy atom. The second-order valence-corrected chi connectivity index (χ2v) is 10.4. The molecule has 1 amide bonds. The van der Waals surface area contributed by atoms with Crippen LogP contribution in [0.5, 0.6) is 0 Å². The molecule has 1 N–H and O–H groups in total. The number of carbonyl (C=O) groups is 1. The van der Waals surface area contributed by atoms with Crippen LogP contribution in [-0.2, 0) is 14.6 Å². The smallest absolute Gasteiger partial charge is 0.230 e. The van der Waals surface area contributed by atoms with Crippen LogP contribution in [0.1, 0.15) is 32.1 Å². The number of benzene rings is 2. The van der Waals surface area contributed by atoms with Gasteiger partial charge in [0.15, 0.2) is 0 Å². The molecule has 1 aromatic heterocycles. The molecule has 0 radical (unpaired) electrons. The zero-order chi connectivity index (χ0) is 22.6. The van der Waals surface area contributed by atoms with Crippen molar-refractivity contribution in [2.45, 2.75) is 53.2 Å². The van der Waals surface area contributed by atoms with Gasteiger partial charge in [-0.15, -0.1) is 0 Å². The van der Waals surface area contributed by atoms with Gasteiger partial charge in [0.2, 0.25) is 31.8 Å². The molecule has 0 atom stereocenters. The first-order valence-corrected chi connectivity index (χ1v) is 12.9. The van der Waals surface area contributed by atoms with Crippen LogP contribution >= 0.6 is 11.8 Å². The predicted octanol–water partition coefficient (Wildman–Crippen LogP) is 4.85. The highest BCUT2D eigenvalue weighted by atomic mass is 32.2. The Kier molecular flexibility index (Phi) is 6.95. The van der Waals surface area contributed by atoms with Gasteiger partial charge in [0, 0.05) is 11.6 Å². The van der Waals surface area contributed by atoms with E-state index >= 15 is 0 Å². The summed E-state index contributed by atoms with van der Waals surface area (Å²) < 4.78 is 45.5. The number of rotatable bonds is 7. The Balaban J connectivity index is 1.60. The molecule has 32 heavy (non-hydrogen) atoms. The SMILES string of the molecule is O=C(CSc1oc(-c2ccccc2)nc1S(=O)(=O)c1ccc(F)cc1)NC1CCCCC1. The molecule has 9 heteroatoms. The van der Waals surface area contributed by atoms with Crippen LogP contribution < -0.4 is 5.32 Å². The first-order chi connectivity index (χ1) is 15.4. The van der Waals surface area contributed by atoms with Gasteiger partial charge in [0.25, 0.3) is 0 Å². The van der Waals surface area contributed by atoms with E-state index in [-0.39, 0.29) is 38.6 Å². The van der Waals surface area contributed by atoms with Crippen molar-refractivity contribution in [1.82, 2.24) is 10.3 Å². The first kappa shape index (κ1) is 22.5. The number of amides is 1. The van der Waals surface area contributed by atoms with Crippen molar-refractivity contribution >= 4 is 27.5 Å². The number of aromatic nitrogens is 1. The quantitative estimate of drug-likeness (QED) is 0.389. The number of thioether (sulfide) groups is 1. The van der Waals surface area contributed by atoms with Crippen molar-refractivity contribution in [1.29, 1.82) is 0 Å². The Morgan fingerprint density at radius 2 is 1.75 bits per heavy atom. The molecule has 168 valence electrons. The van der Waals surface area contributed by atoms with Crippen LogP contribution in [0.2, 0.25) is 0 Å². The van der Waals surface area contributed by atoms with Crippen LogP contribution in [0.25, 0.3) is 11.5 Å². The third-order valence-corrected chi connectivity index (χ3v) is 8.02. The van der Waals surface area contributed by atoms with Crippen LogP contribution in [0.15, 0.2) is 74.0 Å². The Morgan fingerprint density at radius 1 is 1.06 bits per heavy atom. The van der Waals surface area contributed by atoms with E-state index in [4.69, 9.17) is 4.42 Å². The second kappa shape index (κ2) is 9.87. The topological polar surface area (TPSA) is 89.3 Å². The van der Waals surface area contributed by atoms with E-state index < -0.39 is 15.7 Å². The average molecular weight is 475 g/mol. The number of sulfone groups is 1. The summed E-state index contributed by atoms with van der Waals surface area (Å²) in [5.74, 6) is -0.569. The van der Waals surface area contributed by atoms with Gasteiger partial charge in [-0.1, -0.05) is 49.2 Å². The summed E-state index contributed by atoms with van der Waals surface area (Å²) >= 11 is 0.989. The average Bonchev–Trinajstić information content (AvgIpc) is 3.25. The van der Waals surface area contributed by atoms with Crippen LogP contribution in [0.4, 0.5) is 4.39 Å². The summed E-state index contributed by atoms with van der Waals surface area (Å²) in [6, 6.07) is 13.6. The number of hydrogen-bond acceptors (Lipinski definition) is 6. The highest BCUT2D eigenvalue weighted by Crippen LogP contribution is 2.35. The molecular formula is C23H23FN2O4S2. The molecule has 3 aromatic rings. The molecule has 0 spiro atoms. The molecule has 6 nitrogen and oxygen atoms in total. The van der Waals surface area contributed by atoms with E-state index in [1.165, 1.54) is 18.6 Å². The van der Waals surface area contributed by atoms with E-state index in [1.807, 2.05) is 6.07 Å². The van der Waals surface area contributed by atoms with Gasteiger partial charge in [0.1, 0.15) is 5.82 Å². The van der Waals surface area contributed by atoms with Crippen molar-refractivity contribution in [3.63, 3.8) is 0 Å². The molecule has 4 rings (SSSR count). The Hall–Kier alpha value is -2.65. The molecule has 0 bridgehead atoms. The molecule has 1 heterocycles. The van der Waals surface area contributed by atoms with Crippen molar-refractivity contribution in [2.75, 3.05) is 5.75 Å². The van der Waals surface area contributed by atoms with Gasteiger partial charge in [0.05, 0.1) is 10.6 Å². The van der Waals surface area contributed by atoms with Gasteiger partial charge >= 0.3 is 0 Å².